The molecular formula is C12H23NOS. The molecule has 0 amide bonds. The van der Waals surface area contributed by atoms with Crippen LogP contribution >= 0.6 is 0 Å². The Morgan fingerprint density at radius 3 is 2.47 bits per heavy atom. The topological polar surface area (TPSA) is 43.1 Å². The highest BCUT2D eigenvalue weighted by molar-refractivity contribution is 7.85. The Morgan fingerprint density at radius 1 is 1.07 bits per heavy atom. The monoisotopic (exact) mass is 229 g/mol. The van der Waals surface area contributed by atoms with E-state index >= 15 is 0 Å². The predicted octanol–water partition coefficient (Wildman–Crippen LogP) is 2.20. The summed E-state index contributed by atoms with van der Waals surface area (Å²) in [7, 11) is -0.597. The lowest BCUT2D eigenvalue weighted by molar-refractivity contribution is 0.442. The van der Waals surface area contributed by atoms with Gasteiger partial charge in [-0.1, -0.05) is 19.3 Å². The van der Waals surface area contributed by atoms with E-state index in [9.17, 15) is 4.21 Å². The highest BCUT2D eigenvalue weighted by atomic mass is 32.2. The molecule has 0 saturated heterocycles. The van der Waals surface area contributed by atoms with Crippen molar-refractivity contribution in [3.63, 3.8) is 0 Å². The van der Waals surface area contributed by atoms with Crippen molar-refractivity contribution in [1.29, 1.82) is 0 Å². The summed E-state index contributed by atoms with van der Waals surface area (Å²) in [5.41, 5.74) is 5.94. The van der Waals surface area contributed by atoms with E-state index in [1.54, 1.807) is 0 Å². The zero-order valence-corrected chi connectivity index (χ0v) is 10.3. The maximum atomic E-state index is 12.2. The van der Waals surface area contributed by atoms with E-state index < -0.39 is 10.8 Å². The van der Waals surface area contributed by atoms with E-state index in [-0.39, 0.29) is 0 Å². The van der Waals surface area contributed by atoms with E-state index in [0.29, 0.717) is 11.3 Å². The molecule has 3 unspecified atom stereocenters. The smallest absolute Gasteiger partial charge is 0.0362 e. The molecule has 2 aliphatic carbocycles. The van der Waals surface area contributed by atoms with Gasteiger partial charge in [0, 0.05) is 27.8 Å². The highest BCUT2D eigenvalue weighted by Gasteiger charge is 2.26. The molecule has 2 N–H and O–H groups in total. The van der Waals surface area contributed by atoms with Crippen LogP contribution in [0.15, 0.2) is 0 Å². The molecule has 0 aromatic heterocycles. The number of hydrogen-bond donors (Lipinski definition) is 1. The van der Waals surface area contributed by atoms with Gasteiger partial charge in [-0.3, -0.25) is 4.21 Å². The Bertz CT molecular complexity index is 226. The lowest BCUT2D eigenvalue weighted by atomic mass is 9.96. The average molecular weight is 229 g/mol. The van der Waals surface area contributed by atoms with Gasteiger partial charge in [-0.05, 0) is 38.0 Å². The molecule has 2 saturated carbocycles. The van der Waals surface area contributed by atoms with Gasteiger partial charge in [-0.15, -0.1) is 0 Å². The minimum Gasteiger partial charge on any atom is -0.328 e. The minimum absolute atomic E-state index is 0.316. The molecule has 2 rings (SSSR count). The fourth-order valence-electron chi connectivity index (χ4n) is 2.97. The van der Waals surface area contributed by atoms with Crippen molar-refractivity contribution in [2.45, 2.75) is 62.7 Å². The van der Waals surface area contributed by atoms with Crippen molar-refractivity contribution < 1.29 is 4.21 Å². The maximum Gasteiger partial charge on any atom is 0.0362 e. The number of nitrogens with two attached hydrogens (primary N) is 1. The Morgan fingerprint density at radius 2 is 1.80 bits per heavy atom. The average Bonchev–Trinajstić information content (AvgIpc) is 2.70. The van der Waals surface area contributed by atoms with Crippen LogP contribution in [0.3, 0.4) is 0 Å². The van der Waals surface area contributed by atoms with Gasteiger partial charge >= 0.3 is 0 Å². The largest absolute Gasteiger partial charge is 0.328 e. The standard InChI is InChI=1S/C12H23NOS/c13-11-6-3-7-12(8-11)15(14)9-10-4-1-2-5-10/h10-12H,1-9,13H2. The van der Waals surface area contributed by atoms with Gasteiger partial charge in [0.25, 0.3) is 0 Å². The molecule has 0 spiro atoms. The summed E-state index contributed by atoms with van der Waals surface area (Å²) in [5, 5.41) is 0.411. The van der Waals surface area contributed by atoms with E-state index in [1.165, 1.54) is 32.1 Å². The third kappa shape index (κ3) is 3.28. The third-order valence-corrected chi connectivity index (χ3v) is 5.88. The molecule has 0 radical (unpaired) electrons. The van der Waals surface area contributed by atoms with Crippen LogP contribution in [0.25, 0.3) is 0 Å². The van der Waals surface area contributed by atoms with Gasteiger partial charge in [0.2, 0.25) is 0 Å². The van der Waals surface area contributed by atoms with Gasteiger partial charge < -0.3 is 5.73 Å². The molecule has 2 fully saturated rings. The molecule has 2 aliphatic rings. The first-order chi connectivity index (χ1) is 7.25. The number of rotatable bonds is 3. The van der Waals surface area contributed by atoms with E-state index in [4.69, 9.17) is 5.73 Å². The summed E-state index contributed by atoms with van der Waals surface area (Å²) in [6.07, 6.45) is 9.79. The molecule has 2 nitrogen and oxygen atoms in total. The zero-order chi connectivity index (χ0) is 10.7. The van der Waals surface area contributed by atoms with Gasteiger partial charge in [-0.25, -0.2) is 0 Å². The second-order valence-corrected chi connectivity index (χ2v) is 7.01. The van der Waals surface area contributed by atoms with Crippen LogP contribution in [0, 0.1) is 5.92 Å². The van der Waals surface area contributed by atoms with Crippen LogP contribution in [0.5, 0.6) is 0 Å². The second kappa shape index (κ2) is 5.44. The van der Waals surface area contributed by atoms with Crippen LogP contribution in [0.4, 0.5) is 0 Å². The van der Waals surface area contributed by atoms with Crippen molar-refractivity contribution in [1.82, 2.24) is 0 Å². The highest BCUT2D eigenvalue weighted by Crippen LogP contribution is 2.28. The minimum atomic E-state index is -0.597. The first-order valence-electron chi connectivity index (χ1n) is 6.38. The van der Waals surface area contributed by atoms with Gasteiger partial charge in [0.15, 0.2) is 0 Å². The predicted molar refractivity (Wildman–Crippen MR) is 65.2 cm³/mol. The quantitative estimate of drug-likeness (QED) is 0.806. The summed E-state index contributed by atoms with van der Waals surface area (Å²) in [6, 6.07) is 0.316. The SMILES string of the molecule is NC1CCCC(S(=O)CC2CCCC2)C1. The molecule has 0 bridgehead atoms. The van der Waals surface area contributed by atoms with Crippen LogP contribution in [-0.4, -0.2) is 21.3 Å². The van der Waals surface area contributed by atoms with Crippen molar-refractivity contribution in [3.05, 3.63) is 0 Å². The summed E-state index contributed by atoms with van der Waals surface area (Å²) in [6.45, 7) is 0. The molecular weight excluding hydrogens is 206 g/mol. The summed E-state index contributed by atoms with van der Waals surface area (Å²) < 4.78 is 12.2. The molecule has 0 aromatic rings. The molecule has 88 valence electrons. The van der Waals surface area contributed by atoms with Crippen LogP contribution < -0.4 is 5.73 Å². The Kier molecular flexibility index (Phi) is 4.21. The van der Waals surface area contributed by atoms with Crippen molar-refractivity contribution in [2.75, 3.05) is 5.75 Å². The van der Waals surface area contributed by atoms with E-state index in [2.05, 4.69) is 0 Å². The number of hydrogen-bond acceptors (Lipinski definition) is 2. The Labute approximate surface area is 95.5 Å². The van der Waals surface area contributed by atoms with Gasteiger partial charge in [0.05, 0.1) is 0 Å². The lowest BCUT2D eigenvalue weighted by Gasteiger charge is -2.26. The fraction of sp³-hybridized carbons (Fsp3) is 1.00. The fourth-order valence-corrected chi connectivity index (χ4v) is 4.93. The van der Waals surface area contributed by atoms with Crippen molar-refractivity contribution in [2.24, 2.45) is 11.7 Å². The van der Waals surface area contributed by atoms with Crippen LogP contribution in [-0.2, 0) is 10.8 Å². The molecule has 0 aliphatic heterocycles. The molecule has 15 heavy (non-hydrogen) atoms. The van der Waals surface area contributed by atoms with Crippen LogP contribution in [0.1, 0.15) is 51.4 Å². The summed E-state index contributed by atoms with van der Waals surface area (Å²) in [4.78, 5) is 0. The lowest BCUT2D eigenvalue weighted by Crippen LogP contribution is -2.34. The first-order valence-corrected chi connectivity index (χ1v) is 7.76. The zero-order valence-electron chi connectivity index (χ0n) is 9.49. The third-order valence-electron chi connectivity index (χ3n) is 3.91. The maximum absolute atomic E-state index is 12.2. The van der Waals surface area contributed by atoms with Crippen LogP contribution in [0.2, 0.25) is 0 Å². The Balaban J connectivity index is 1.78. The molecule has 3 heteroatoms. The Hall–Kier alpha value is 0.110. The van der Waals surface area contributed by atoms with E-state index in [1.807, 2.05) is 0 Å². The van der Waals surface area contributed by atoms with Crippen molar-refractivity contribution >= 4 is 10.8 Å². The van der Waals surface area contributed by atoms with E-state index in [0.717, 1.165) is 30.9 Å². The summed E-state index contributed by atoms with van der Waals surface area (Å²) in [5.74, 6) is 1.71. The van der Waals surface area contributed by atoms with Gasteiger partial charge in [0.1, 0.15) is 0 Å². The molecule has 0 heterocycles. The second-order valence-electron chi connectivity index (χ2n) is 5.25. The van der Waals surface area contributed by atoms with Gasteiger partial charge in [-0.2, -0.15) is 0 Å². The van der Waals surface area contributed by atoms with Crippen molar-refractivity contribution in [3.8, 4) is 0 Å². The first kappa shape index (κ1) is 11.6. The molecule has 3 atom stereocenters. The normalized spacial score (nSPS) is 35.5. The summed E-state index contributed by atoms with van der Waals surface area (Å²) >= 11 is 0. The molecule has 0 aromatic carbocycles.